The van der Waals surface area contributed by atoms with Gasteiger partial charge in [0.25, 0.3) is 0 Å². The molecule has 0 spiro atoms. The van der Waals surface area contributed by atoms with E-state index in [4.69, 9.17) is 25.4 Å². The molecule has 6 rings (SSSR count). The molecule has 10 heteroatoms. The second kappa shape index (κ2) is 8.73. The first-order chi connectivity index (χ1) is 17.5. The highest BCUT2D eigenvalue weighted by molar-refractivity contribution is 5.97. The summed E-state index contributed by atoms with van der Waals surface area (Å²) in [5, 5.41) is 7.60. The van der Waals surface area contributed by atoms with Crippen molar-refractivity contribution in [1.29, 1.82) is 5.41 Å². The van der Waals surface area contributed by atoms with E-state index in [0.29, 0.717) is 46.6 Å². The van der Waals surface area contributed by atoms with Gasteiger partial charge in [0.1, 0.15) is 28.8 Å². The van der Waals surface area contributed by atoms with Gasteiger partial charge in [-0.2, -0.15) is 0 Å². The molecule has 36 heavy (non-hydrogen) atoms. The first-order valence-electron chi connectivity index (χ1n) is 11.3. The minimum Gasteiger partial charge on any atom is -0.455 e. The Morgan fingerprint density at radius 3 is 2.67 bits per heavy atom. The molecular weight excluding hydrogens is 463 g/mol. The van der Waals surface area contributed by atoms with Crippen molar-refractivity contribution in [3.05, 3.63) is 101 Å². The van der Waals surface area contributed by atoms with Crippen molar-refractivity contribution in [3.63, 3.8) is 0 Å². The smallest absolute Gasteiger partial charge is 0.324 e. The number of benzene rings is 3. The average Bonchev–Trinajstić information content (AvgIpc) is 3.57. The lowest BCUT2D eigenvalue weighted by molar-refractivity contribution is -0.0518. The third-order valence-corrected chi connectivity index (χ3v) is 5.76. The predicted molar refractivity (Wildman–Crippen MR) is 131 cm³/mol. The highest BCUT2D eigenvalue weighted by Crippen LogP contribution is 2.30. The normalized spacial score (nSPS) is 15.0. The number of aromatic amines is 2. The SMILES string of the molecule is N=C(N)c1ccc2[nH]c(Cc3nc4c(OC5=COC(Cc6ccccc6)O5)cc(F)cc4[nH]3)nc2c1. The van der Waals surface area contributed by atoms with E-state index in [-0.39, 0.29) is 17.5 Å². The summed E-state index contributed by atoms with van der Waals surface area (Å²) in [7, 11) is 0. The zero-order chi connectivity index (χ0) is 24.6. The van der Waals surface area contributed by atoms with Crippen LogP contribution in [0, 0.1) is 11.2 Å². The van der Waals surface area contributed by atoms with Gasteiger partial charge in [-0.3, -0.25) is 5.41 Å². The third-order valence-electron chi connectivity index (χ3n) is 5.76. The molecule has 0 bridgehead atoms. The van der Waals surface area contributed by atoms with Crippen molar-refractivity contribution in [1.82, 2.24) is 19.9 Å². The summed E-state index contributed by atoms with van der Waals surface area (Å²) >= 11 is 0. The summed E-state index contributed by atoms with van der Waals surface area (Å²) < 4.78 is 31.5. The molecule has 5 N–H and O–H groups in total. The summed E-state index contributed by atoms with van der Waals surface area (Å²) in [6, 6.07) is 17.7. The van der Waals surface area contributed by atoms with E-state index in [1.54, 1.807) is 12.1 Å². The molecule has 0 aliphatic carbocycles. The summed E-state index contributed by atoms with van der Waals surface area (Å²) in [4.78, 5) is 15.5. The average molecular weight is 484 g/mol. The zero-order valence-corrected chi connectivity index (χ0v) is 18.9. The number of aromatic nitrogens is 4. The Morgan fingerprint density at radius 2 is 1.83 bits per heavy atom. The number of hydrogen-bond donors (Lipinski definition) is 4. The molecule has 9 nitrogen and oxygen atoms in total. The minimum absolute atomic E-state index is 0.0218. The third kappa shape index (κ3) is 4.31. The van der Waals surface area contributed by atoms with Gasteiger partial charge in [-0.1, -0.05) is 30.3 Å². The number of rotatable bonds is 7. The fourth-order valence-corrected chi connectivity index (χ4v) is 4.10. The van der Waals surface area contributed by atoms with Gasteiger partial charge in [-0.25, -0.2) is 14.4 Å². The number of hydrogen-bond acceptors (Lipinski definition) is 6. The number of imidazole rings is 2. The number of nitrogens with one attached hydrogen (secondary N) is 3. The molecule has 180 valence electrons. The molecule has 0 fully saturated rings. The number of ether oxygens (including phenoxy) is 3. The van der Waals surface area contributed by atoms with Crippen LogP contribution >= 0.6 is 0 Å². The van der Waals surface area contributed by atoms with E-state index >= 15 is 0 Å². The number of amidine groups is 1. The molecule has 3 heterocycles. The van der Waals surface area contributed by atoms with Crippen molar-refractivity contribution in [3.8, 4) is 5.75 Å². The molecule has 0 amide bonds. The highest BCUT2D eigenvalue weighted by Gasteiger charge is 2.23. The molecule has 1 atom stereocenters. The lowest BCUT2D eigenvalue weighted by atomic mass is 10.1. The fourth-order valence-electron chi connectivity index (χ4n) is 4.10. The molecule has 3 aromatic carbocycles. The first-order valence-corrected chi connectivity index (χ1v) is 11.3. The second-order valence-corrected chi connectivity index (χ2v) is 8.40. The van der Waals surface area contributed by atoms with E-state index in [2.05, 4.69) is 19.9 Å². The van der Waals surface area contributed by atoms with Gasteiger partial charge in [0, 0.05) is 18.1 Å². The van der Waals surface area contributed by atoms with Gasteiger partial charge in [0.2, 0.25) is 6.29 Å². The maximum Gasteiger partial charge on any atom is 0.324 e. The van der Waals surface area contributed by atoms with Crippen LogP contribution in [0.1, 0.15) is 22.8 Å². The van der Waals surface area contributed by atoms with Gasteiger partial charge in [0.15, 0.2) is 12.0 Å². The summed E-state index contributed by atoms with van der Waals surface area (Å²) in [5.41, 5.74) is 9.68. The number of nitrogen functional groups attached to an aromatic ring is 1. The van der Waals surface area contributed by atoms with Crippen LogP contribution in [0.2, 0.25) is 0 Å². The Morgan fingerprint density at radius 1 is 1.03 bits per heavy atom. The van der Waals surface area contributed by atoms with E-state index in [1.165, 1.54) is 18.4 Å². The molecule has 0 radical (unpaired) electrons. The van der Waals surface area contributed by atoms with Crippen molar-refractivity contribution >= 4 is 27.9 Å². The van der Waals surface area contributed by atoms with Crippen LogP contribution < -0.4 is 10.5 Å². The van der Waals surface area contributed by atoms with E-state index in [9.17, 15) is 4.39 Å². The van der Waals surface area contributed by atoms with Gasteiger partial charge in [0.05, 0.1) is 23.0 Å². The van der Waals surface area contributed by atoms with Gasteiger partial charge in [-0.15, -0.1) is 0 Å². The summed E-state index contributed by atoms with van der Waals surface area (Å²) in [5.74, 6) is 1.07. The maximum absolute atomic E-state index is 14.3. The maximum atomic E-state index is 14.3. The fraction of sp³-hybridized carbons (Fsp3) is 0.115. The number of fused-ring (bicyclic) bond motifs is 2. The van der Waals surface area contributed by atoms with Crippen LogP contribution in [0.3, 0.4) is 0 Å². The summed E-state index contributed by atoms with van der Waals surface area (Å²) in [6.07, 6.45) is 1.74. The minimum atomic E-state index is -0.530. The molecule has 1 unspecified atom stereocenters. The molecule has 2 aromatic heterocycles. The monoisotopic (exact) mass is 484 g/mol. The Kier molecular flexibility index (Phi) is 5.25. The van der Waals surface area contributed by atoms with Crippen molar-refractivity contribution in [2.75, 3.05) is 0 Å². The molecule has 5 aromatic rings. The predicted octanol–water partition coefficient (Wildman–Crippen LogP) is 4.25. The number of H-pyrrole nitrogens is 2. The number of halogens is 1. The van der Waals surface area contributed by atoms with Gasteiger partial charge < -0.3 is 29.9 Å². The van der Waals surface area contributed by atoms with Gasteiger partial charge >= 0.3 is 5.95 Å². The van der Waals surface area contributed by atoms with Crippen LogP contribution in [0.5, 0.6) is 5.75 Å². The van der Waals surface area contributed by atoms with Crippen LogP contribution in [0.25, 0.3) is 22.1 Å². The Bertz CT molecular complexity index is 1630. The molecular formula is C26H21FN6O3. The Balaban J connectivity index is 1.21. The topological polar surface area (TPSA) is 135 Å². The molecule has 0 saturated carbocycles. The zero-order valence-electron chi connectivity index (χ0n) is 18.9. The van der Waals surface area contributed by atoms with E-state index in [1.807, 2.05) is 36.4 Å². The van der Waals surface area contributed by atoms with Gasteiger partial charge in [-0.05, 0) is 29.8 Å². The molecule has 0 saturated heterocycles. The standard InChI is InChI=1S/C26H21FN6O3/c27-16-10-19-25(20(11-16)35-24-13-34-23(36-24)8-14-4-2-1-3-5-14)33-22(32-19)12-21-30-17-7-6-15(26(28)29)9-18(17)31-21/h1-7,9-11,13,23H,8,12H2,(H3,28,29)(H,30,31)(H,32,33). The van der Waals surface area contributed by atoms with E-state index < -0.39 is 12.1 Å². The van der Waals surface area contributed by atoms with Crippen molar-refractivity contribution in [2.24, 2.45) is 5.73 Å². The lowest BCUT2D eigenvalue weighted by Crippen LogP contribution is -2.13. The van der Waals surface area contributed by atoms with Crippen molar-refractivity contribution < 1.29 is 18.6 Å². The molecule has 1 aliphatic rings. The quantitative estimate of drug-likeness (QED) is 0.202. The summed E-state index contributed by atoms with van der Waals surface area (Å²) in [6.45, 7) is 0. The lowest BCUT2D eigenvalue weighted by Gasteiger charge is -2.12. The van der Waals surface area contributed by atoms with Crippen molar-refractivity contribution in [2.45, 2.75) is 19.1 Å². The number of nitrogens with zero attached hydrogens (tertiary/aromatic N) is 2. The van der Waals surface area contributed by atoms with E-state index in [0.717, 1.165) is 11.1 Å². The van der Waals surface area contributed by atoms with Crippen LogP contribution in [-0.4, -0.2) is 32.1 Å². The second-order valence-electron chi connectivity index (χ2n) is 8.40. The van der Waals surface area contributed by atoms with Crippen LogP contribution in [0.15, 0.2) is 72.9 Å². The first kappa shape index (κ1) is 21.7. The van der Waals surface area contributed by atoms with Crippen LogP contribution in [0.4, 0.5) is 4.39 Å². The highest BCUT2D eigenvalue weighted by atomic mass is 19.1. The Labute approximate surface area is 204 Å². The Hall–Kier alpha value is -4.86. The number of nitrogens with two attached hydrogens (primary N) is 1. The molecule has 1 aliphatic heterocycles. The van der Waals surface area contributed by atoms with Crippen LogP contribution in [-0.2, 0) is 22.3 Å². The largest absolute Gasteiger partial charge is 0.455 e.